The van der Waals surface area contributed by atoms with E-state index in [0.29, 0.717) is 0 Å². The molecule has 2 heterocycles. The molecule has 0 saturated heterocycles. The fourth-order valence-electron chi connectivity index (χ4n) is 1.55. The number of hydrogen-bond donors (Lipinski definition) is 0. The Balaban J connectivity index is 2.50. The van der Waals surface area contributed by atoms with Crippen LogP contribution in [0.15, 0.2) is 24.3 Å². The van der Waals surface area contributed by atoms with Crippen molar-refractivity contribution in [1.82, 2.24) is 9.97 Å². The molecule has 0 aliphatic heterocycles. The summed E-state index contributed by atoms with van der Waals surface area (Å²) in [6, 6.07) is 8.24. The Morgan fingerprint density at radius 2 is 1.00 bits per heavy atom. The van der Waals surface area contributed by atoms with E-state index in [1.54, 1.807) is 0 Å². The van der Waals surface area contributed by atoms with Gasteiger partial charge in [-0.05, 0) is 51.0 Å². The Morgan fingerprint density at radius 1 is 0.625 bits per heavy atom. The molecular formula is C14H16N2. The maximum atomic E-state index is 4.55. The summed E-state index contributed by atoms with van der Waals surface area (Å²) in [6.07, 6.45) is 0. The minimum atomic E-state index is 0.950. The van der Waals surface area contributed by atoms with Gasteiger partial charge in [-0.3, -0.25) is 9.97 Å². The molecule has 0 bridgehead atoms. The molecule has 2 heteroatoms. The first-order chi connectivity index (χ1) is 7.58. The van der Waals surface area contributed by atoms with Crippen LogP contribution in [0.2, 0.25) is 0 Å². The van der Waals surface area contributed by atoms with E-state index in [2.05, 4.69) is 35.9 Å². The van der Waals surface area contributed by atoms with E-state index in [1.165, 1.54) is 11.1 Å². The molecule has 0 atom stereocenters. The highest BCUT2D eigenvalue weighted by molar-refractivity contribution is 5.55. The van der Waals surface area contributed by atoms with Crippen molar-refractivity contribution >= 4 is 0 Å². The summed E-state index contributed by atoms with van der Waals surface area (Å²) < 4.78 is 0. The molecule has 0 aromatic carbocycles. The molecular weight excluding hydrogens is 196 g/mol. The Morgan fingerprint density at radius 3 is 1.31 bits per heavy atom. The first-order valence-corrected chi connectivity index (χ1v) is 5.47. The number of rotatable bonds is 1. The zero-order valence-electron chi connectivity index (χ0n) is 10.2. The molecule has 2 aromatic rings. The highest BCUT2D eigenvalue weighted by Gasteiger charge is 2.04. The fourth-order valence-corrected chi connectivity index (χ4v) is 1.55. The predicted molar refractivity (Wildman–Crippen MR) is 66.4 cm³/mol. The van der Waals surface area contributed by atoms with Gasteiger partial charge in [0.05, 0.1) is 11.4 Å². The molecule has 2 rings (SSSR count). The van der Waals surface area contributed by atoms with Crippen LogP contribution in [0.3, 0.4) is 0 Å². The van der Waals surface area contributed by atoms with Gasteiger partial charge in [0, 0.05) is 11.4 Å². The second-order valence-electron chi connectivity index (χ2n) is 4.20. The van der Waals surface area contributed by atoms with Crippen LogP contribution in [0.4, 0.5) is 0 Å². The van der Waals surface area contributed by atoms with Crippen LogP contribution in [0.5, 0.6) is 0 Å². The van der Waals surface area contributed by atoms with Gasteiger partial charge in [-0.2, -0.15) is 0 Å². The molecule has 82 valence electrons. The molecule has 0 unspecified atom stereocenters. The van der Waals surface area contributed by atoms with Gasteiger partial charge in [-0.15, -0.1) is 0 Å². The third-order valence-electron chi connectivity index (χ3n) is 2.96. The third-order valence-corrected chi connectivity index (χ3v) is 2.96. The maximum Gasteiger partial charge on any atom is 0.0889 e. The molecule has 0 radical (unpaired) electrons. The van der Waals surface area contributed by atoms with Gasteiger partial charge < -0.3 is 0 Å². The Bertz CT molecular complexity index is 481. The van der Waals surface area contributed by atoms with E-state index in [9.17, 15) is 0 Å². The summed E-state index contributed by atoms with van der Waals surface area (Å²) in [5, 5.41) is 0. The highest BCUT2D eigenvalue weighted by atomic mass is 14.8. The third kappa shape index (κ3) is 1.96. The Labute approximate surface area is 96.4 Å². The first kappa shape index (κ1) is 10.8. The van der Waals surface area contributed by atoms with E-state index in [-0.39, 0.29) is 0 Å². The number of aromatic nitrogens is 2. The summed E-state index contributed by atoms with van der Waals surface area (Å²) in [6.45, 7) is 8.19. The molecule has 0 N–H and O–H groups in total. The monoisotopic (exact) mass is 212 g/mol. The second kappa shape index (κ2) is 4.05. The zero-order valence-corrected chi connectivity index (χ0v) is 10.2. The van der Waals surface area contributed by atoms with Gasteiger partial charge in [0.25, 0.3) is 0 Å². The standard InChI is InChI=1S/C14H16N2/c1-9-5-7-13(15-11(9)3)14-8-6-10(2)12(4)16-14/h5-8H,1-4H3. The lowest BCUT2D eigenvalue weighted by molar-refractivity contribution is 1.11. The van der Waals surface area contributed by atoms with Crippen molar-refractivity contribution < 1.29 is 0 Å². The van der Waals surface area contributed by atoms with Gasteiger partial charge in [0.1, 0.15) is 0 Å². The summed E-state index contributed by atoms with van der Waals surface area (Å²) in [4.78, 5) is 9.10. The van der Waals surface area contributed by atoms with Crippen LogP contribution >= 0.6 is 0 Å². The Kier molecular flexibility index (Phi) is 2.73. The topological polar surface area (TPSA) is 25.8 Å². The molecule has 0 aliphatic rings. The lowest BCUT2D eigenvalue weighted by Crippen LogP contribution is -1.94. The van der Waals surface area contributed by atoms with Crippen LogP contribution in [0.1, 0.15) is 22.5 Å². The number of hydrogen-bond acceptors (Lipinski definition) is 2. The fraction of sp³-hybridized carbons (Fsp3) is 0.286. The smallest absolute Gasteiger partial charge is 0.0889 e. The minimum absolute atomic E-state index is 0.950. The normalized spacial score (nSPS) is 10.5. The van der Waals surface area contributed by atoms with E-state index < -0.39 is 0 Å². The van der Waals surface area contributed by atoms with E-state index in [4.69, 9.17) is 0 Å². The molecule has 0 amide bonds. The maximum absolute atomic E-state index is 4.55. The zero-order chi connectivity index (χ0) is 11.7. The molecule has 0 aliphatic carbocycles. The first-order valence-electron chi connectivity index (χ1n) is 5.47. The number of pyridine rings is 2. The quantitative estimate of drug-likeness (QED) is 0.724. The molecule has 2 aromatic heterocycles. The molecule has 0 saturated carbocycles. The molecule has 2 nitrogen and oxygen atoms in total. The van der Waals surface area contributed by atoms with E-state index in [0.717, 1.165) is 22.8 Å². The minimum Gasteiger partial charge on any atom is -0.251 e. The van der Waals surface area contributed by atoms with Crippen molar-refractivity contribution in [2.24, 2.45) is 0 Å². The van der Waals surface area contributed by atoms with Crippen LogP contribution in [-0.2, 0) is 0 Å². The predicted octanol–water partition coefficient (Wildman–Crippen LogP) is 3.38. The van der Waals surface area contributed by atoms with Gasteiger partial charge in [-0.1, -0.05) is 12.1 Å². The highest BCUT2D eigenvalue weighted by Crippen LogP contribution is 2.18. The largest absolute Gasteiger partial charge is 0.251 e. The van der Waals surface area contributed by atoms with E-state index in [1.807, 2.05) is 26.0 Å². The van der Waals surface area contributed by atoms with Gasteiger partial charge in [0.15, 0.2) is 0 Å². The SMILES string of the molecule is Cc1ccc(-c2ccc(C)c(C)n2)nc1C. The van der Waals surface area contributed by atoms with Crippen molar-refractivity contribution in [2.45, 2.75) is 27.7 Å². The van der Waals surface area contributed by atoms with E-state index >= 15 is 0 Å². The van der Waals surface area contributed by atoms with Crippen LogP contribution in [-0.4, -0.2) is 9.97 Å². The number of aryl methyl sites for hydroxylation is 4. The summed E-state index contributed by atoms with van der Waals surface area (Å²) in [5.74, 6) is 0. The van der Waals surface area contributed by atoms with Gasteiger partial charge in [0.2, 0.25) is 0 Å². The van der Waals surface area contributed by atoms with Gasteiger partial charge in [-0.25, -0.2) is 0 Å². The molecule has 0 fully saturated rings. The molecule has 16 heavy (non-hydrogen) atoms. The Hall–Kier alpha value is -1.70. The lowest BCUT2D eigenvalue weighted by atomic mass is 10.1. The lowest BCUT2D eigenvalue weighted by Gasteiger charge is -2.06. The summed E-state index contributed by atoms with van der Waals surface area (Å²) in [7, 11) is 0. The van der Waals surface area contributed by atoms with Crippen molar-refractivity contribution in [2.75, 3.05) is 0 Å². The second-order valence-corrected chi connectivity index (χ2v) is 4.20. The van der Waals surface area contributed by atoms with Crippen molar-refractivity contribution in [3.8, 4) is 11.4 Å². The number of nitrogens with zero attached hydrogens (tertiary/aromatic N) is 2. The summed E-state index contributed by atoms with van der Waals surface area (Å²) >= 11 is 0. The van der Waals surface area contributed by atoms with Crippen molar-refractivity contribution in [1.29, 1.82) is 0 Å². The summed E-state index contributed by atoms with van der Waals surface area (Å²) in [5.41, 5.74) is 6.47. The molecule has 0 spiro atoms. The van der Waals surface area contributed by atoms with Gasteiger partial charge >= 0.3 is 0 Å². The average molecular weight is 212 g/mol. The van der Waals surface area contributed by atoms with Crippen molar-refractivity contribution in [3.63, 3.8) is 0 Å². The van der Waals surface area contributed by atoms with Crippen molar-refractivity contribution in [3.05, 3.63) is 46.8 Å². The van der Waals surface area contributed by atoms with Crippen LogP contribution in [0, 0.1) is 27.7 Å². The van der Waals surface area contributed by atoms with Crippen LogP contribution < -0.4 is 0 Å². The van der Waals surface area contributed by atoms with Crippen LogP contribution in [0.25, 0.3) is 11.4 Å². The average Bonchev–Trinajstić information content (AvgIpc) is 2.26.